The van der Waals surface area contributed by atoms with E-state index >= 15 is 0 Å². The van der Waals surface area contributed by atoms with Gasteiger partial charge in [0, 0.05) is 30.2 Å². The normalized spacial score (nSPS) is 20.9. The number of anilines is 1. The van der Waals surface area contributed by atoms with Gasteiger partial charge in [-0.15, -0.1) is 0 Å². The Bertz CT molecular complexity index is 639. The Labute approximate surface area is 147 Å². The summed E-state index contributed by atoms with van der Waals surface area (Å²) < 4.78 is 0. The first-order chi connectivity index (χ1) is 11.6. The number of hydrogen-bond donors (Lipinski definition) is 1. The summed E-state index contributed by atoms with van der Waals surface area (Å²) in [6, 6.07) is 7.15. The van der Waals surface area contributed by atoms with Crippen molar-refractivity contribution >= 4 is 29.1 Å². The topological polar surface area (TPSA) is 49.4 Å². The number of carbonyl (C=O) groups excluding carboxylic acids is 2. The van der Waals surface area contributed by atoms with Crippen LogP contribution >= 0.6 is 11.6 Å². The summed E-state index contributed by atoms with van der Waals surface area (Å²) in [5.41, 5.74) is 2.25. The molecule has 1 aromatic rings. The Morgan fingerprint density at radius 2 is 2.04 bits per heavy atom. The van der Waals surface area contributed by atoms with Crippen LogP contribution in [0.3, 0.4) is 0 Å². The van der Waals surface area contributed by atoms with Crippen LogP contribution in [0, 0.1) is 5.92 Å². The molecule has 0 spiro atoms. The number of allylic oxidation sites excluding steroid dienone is 1. The van der Waals surface area contributed by atoms with Crippen molar-refractivity contribution in [3.8, 4) is 0 Å². The van der Waals surface area contributed by atoms with E-state index in [9.17, 15) is 9.59 Å². The molecule has 0 bridgehead atoms. The second-order valence-corrected chi connectivity index (χ2v) is 6.97. The van der Waals surface area contributed by atoms with Crippen LogP contribution < -0.4 is 10.2 Å². The van der Waals surface area contributed by atoms with Gasteiger partial charge < -0.3 is 10.2 Å². The molecule has 128 valence electrons. The Hall–Kier alpha value is -1.81. The summed E-state index contributed by atoms with van der Waals surface area (Å²) >= 11 is 5.88. The molecule has 1 heterocycles. The highest BCUT2D eigenvalue weighted by atomic mass is 35.5. The van der Waals surface area contributed by atoms with Gasteiger partial charge in [0.25, 0.3) is 0 Å². The third kappa shape index (κ3) is 4.18. The molecule has 1 aliphatic heterocycles. The van der Waals surface area contributed by atoms with E-state index in [2.05, 4.69) is 11.4 Å². The zero-order valence-electron chi connectivity index (χ0n) is 13.8. The van der Waals surface area contributed by atoms with Gasteiger partial charge in [-0.05, 0) is 56.4 Å². The number of nitrogens with one attached hydrogen (secondary N) is 1. The maximum Gasteiger partial charge on any atom is 0.227 e. The van der Waals surface area contributed by atoms with Gasteiger partial charge in [0.1, 0.15) is 0 Å². The monoisotopic (exact) mass is 346 g/mol. The number of benzene rings is 1. The maximum atomic E-state index is 12.3. The van der Waals surface area contributed by atoms with Gasteiger partial charge in [0.2, 0.25) is 11.8 Å². The van der Waals surface area contributed by atoms with Crippen molar-refractivity contribution in [2.45, 2.75) is 38.5 Å². The van der Waals surface area contributed by atoms with Gasteiger partial charge >= 0.3 is 0 Å². The summed E-state index contributed by atoms with van der Waals surface area (Å²) in [5, 5.41) is 3.63. The van der Waals surface area contributed by atoms with Crippen molar-refractivity contribution in [1.29, 1.82) is 0 Å². The van der Waals surface area contributed by atoms with Gasteiger partial charge in [-0.3, -0.25) is 9.59 Å². The second kappa shape index (κ2) is 7.84. The predicted octanol–water partition coefficient (Wildman–Crippen LogP) is 3.70. The molecule has 1 saturated heterocycles. The van der Waals surface area contributed by atoms with Crippen LogP contribution in [0.15, 0.2) is 35.9 Å². The molecule has 2 amide bonds. The van der Waals surface area contributed by atoms with Crippen LogP contribution in [-0.4, -0.2) is 24.9 Å². The number of amides is 2. The molecule has 5 heteroatoms. The summed E-state index contributed by atoms with van der Waals surface area (Å²) in [6.45, 7) is 1.10. The van der Waals surface area contributed by atoms with E-state index in [0.29, 0.717) is 18.1 Å². The lowest BCUT2D eigenvalue weighted by atomic mass is 9.97. The minimum atomic E-state index is -0.270. The molecule has 0 radical (unpaired) electrons. The minimum Gasteiger partial charge on any atom is -0.355 e. The van der Waals surface area contributed by atoms with Crippen molar-refractivity contribution in [2.75, 3.05) is 18.0 Å². The molecular formula is C19H23ClN2O2. The summed E-state index contributed by atoms with van der Waals surface area (Å²) in [6.07, 6.45) is 8.35. The first kappa shape index (κ1) is 17.0. The fraction of sp³-hybridized carbons (Fsp3) is 0.474. The van der Waals surface area contributed by atoms with Crippen molar-refractivity contribution in [3.63, 3.8) is 0 Å². The molecule has 1 atom stereocenters. The highest BCUT2D eigenvalue weighted by Crippen LogP contribution is 2.26. The quantitative estimate of drug-likeness (QED) is 0.826. The molecular weight excluding hydrogens is 324 g/mol. The Balaban J connectivity index is 1.50. The minimum absolute atomic E-state index is 0.00698. The molecule has 0 aromatic heterocycles. The zero-order chi connectivity index (χ0) is 16.9. The van der Waals surface area contributed by atoms with Gasteiger partial charge in [0.05, 0.1) is 5.92 Å². The van der Waals surface area contributed by atoms with Crippen LogP contribution in [0.4, 0.5) is 5.69 Å². The van der Waals surface area contributed by atoms with Crippen LogP contribution in [-0.2, 0) is 9.59 Å². The lowest BCUT2D eigenvalue weighted by Gasteiger charge is -2.17. The van der Waals surface area contributed by atoms with Gasteiger partial charge in [0.15, 0.2) is 0 Å². The molecule has 1 fully saturated rings. The molecule has 24 heavy (non-hydrogen) atoms. The first-order valence-electron chi connectivity index (χ1n) is 8.65. The van der Waals surface area contributed by atoms with E-state index in [1.807, 2.05) is 12.1 Å². The number of hydrogen-bond acceptors (Lipinski definition) is 2. The van der Waals surface area contributed by atoms with Gasteiger partial charge in [-0.1, -0.05) is 23.3 Å². The summed E-state index contributed by atoms with van der Waals surface area (Å²) in [7, 11) is 0. The molecule has 1 N–H and O–H groups in total. The van der Waals surface area contributed by atoms with Crippen molar-refractivity contribution in [2.24, 2.45) is 5.92 Å². The summed E-state index contributed by atoms with van der Waals surface area (Å²) in [5.74, 6) is -0.294. The van der Waals surface area contributed by atoms with E-state index in [4.69, 9.17) is 11.6 Å². The maximum absolute atomic E-state index is 12.3. The third-order valence-electron chi connectivity index (χ3n) is 4.76. The fourth-order valence-corrected chi connectivity index (χ4v) is 3.50. The van der Waals surface area contributed by atoms with E-state index in [0.717, 1.165) is 24.9 Å². The fourth-order valence-electron chi connectivity index (χ4n) is 3.38. The number of carbonyl (C=O) groups is 2. The lowest BCUT2D eigenvalue weighted by molar-refractivity contribution is -0.126. The SMILES string of the molecule is O=C(NCCC1=CCCCC1)C1CC(=O)N(c2ccc(Cl)cc2)C1. The number of rotatable bonds is 5. The van der Waals surface area contributed by atoms with Crippen LogP contribution in [0.25, 0.3) is 0 Å². The van der Waals surface area contributed by atoms with Crippen LogP contribution in [0.5, 0.6) is 0 Å². The van der Waals surface area contributed by atoms with E-state index in [1.54, 1.807) is 17.0 Å². The van der Waals surface area contributed by atoms with Gasteiger partial charge in [-0.2, -0.15) is 0 Å². The van der Waals surface area contributed by atoms with E-state index in [-0.39, 0.29) is 24.2 Å². The van der Waals surface area contributed by atoms with Crippen LogP contribution in [0.1, 0.15) is 38.5 Å². The van der Waals surface area contributed by atoms with Crippen molar-refractivity contribution < 1.29 is 9.59 Å². The summed E-state index contributed by atoms with van der Waals surface area (Å²) in [4.78, 5) is 26.2. The lowest BCUT2D eigenvalue weighted by Crippen LogP contribution is -2.33. The molecule has 1 aliphatic carbocycles. The largest absolute Gasteiger partial charge is 0.355 e. The van der Waals surface area contributed by atoms with E-state index in [1.165, 1.54) is 18.4 Å². The first-order valence-corrected chi connectivity index (χ1v) is 9.03. The van der Waals surface area contributed by atoms with Crippen molar-refractivity contribution in [1.82, 2.24) is 5.32 Å². The smallest absolute Gasteiger partial charge is 0.227 e. The Morgan fingerprint density at radius 3 is 2.75 bits per heavy atom. The second-order valence-electron chi connectivity index (χ2n) is 6.53. The zero-order valence-corrected chi connectivity index (χ0v) is 14.5. The van der Waals surface area contributed by atoms with E-state index < -0.39 is 0 Å². The standard InChI is InChI=1S/C19H23ClN2O2/c20-16-6-8-17(9-7-16)22-13-15(12-18(22)23)19(24)21-11-10-14-4-2-1-3-5-14/h4,6-9,15H,1-3,5,10-13H2,(H,21,24). The average molecular weight is 347 g/mol. The van der Waals surface area contributed by atoms with Crippen LogP contribution in [0.2, 0.25) is 5.02 Å². The van der Waals surface area contributed by atoms with Gasteiger partial charge in [-0.25, -0.2) is 0 Å². The molecule has 1 unspecified atom stereocenters. The number of halogens is 1. The third-order valence-corrected chi connectivity index (χ3v) is 5.02. The highest BCUT2D eigenvalue weighted by molar-refractivity contribution is 6.30. The molecule has 0 saturated carbocycles. The average Bonchev–Trinajstić information content (AvgIpc) is 2.98. The molecule has 2 aliphatic rings. The predicted molar refractivity (Wildman–Crippen MR) is 96.1 cm³/mol. The van der Waals surface area contributed by atoms with Crippen molar-refractivity contribution in [3.05, 3.63) is 40.9 Å². The number of nitrogens with zero attached hydrogens (tertiary/aromatic N) is 1. The Kier molecular flexibility index (Phi) is 5.56. The highest BCUT2D eigenvalue weighted by Gasteiger charge is 2.34. The molecule has 3 rings (SSSR count). The molecule has 1 aromatic carbocycles. The Morgan fingerprint density at radius 1 is 1.25 bits per heavy atom. The molecule has 4 nitrogen and oxygen atoms in total.